The van der Waals surface area contributed by atoms with Crippen molar-refractivity contribution in [3.8, 4) is 0 Å². The lowest BCUT2D eigenvalue weighted by Crippen LogP contribution is -2.37. The van der Waals surface area contributed by atoms with Crippen LogP contribution in [0.2, 0.25) is 0 Å². The van der Waals surface area contributed by atoms with Gasteiger partial charge in [-0.25, -0.2) is 0 Å². The maximum Gasteiger partial charge on any atom is 0.223 e. The monoisotopic (exact) mass is 242 g/mol. The molecule has 0 aromatic heterocycles. The quantitative estimate of drug-likeness (QED) is 0.676. The van der Waals surface area contributed by atoms with Gasteiger partial charge < -0.3 is 9.64 Å². The van der Waals surface area contributed by atoms with Gasteiger partial charge in [0.05, 0.1) is 6.61 Å². The number of methoxy groups -OCH3 is 1. The predicted octanol–water partition coefficient (Wildman–Crippen LogP) is 1.36. The molecule has 0 aliphatic carbocycles. The summed E-state index contributed by atoms with van der Waals surface area (Å²) in [6.45, 7) is 5.73. The van der Waals surface area contributed by atoms with E-state index >= 15 is 0 Å². The van der Waals surface area contributed by atoms with Crippen LogP contribution in [0.1, 0.15) is 32.6 Å². The molecular formula is C13H26N2O2. The Labute approximate surface area is 105 Å². The number of carbonyl (C=O) groups excluding carboxylic acids is 1. The minimum atomic E-state index is 0.259. The van der Waals surface area contributed by atoms with E-state index in [2.05, 4.69) is 11.8 Å². The lowest BCUT2D eigenvalue weighted by atomic mass is 10.2. The van der Waals surface area contributed by atoms with Crippen molar-refractivity contribution in [2.45, 2.75) is 38.6 Å². The molecule has 1 atom stereocenters. The normalized spacial score (nSPS) is 20.8. The number of carbonyl (C=O) groups is 1. The zero-order valence-corrected chi connectivity index (χ0v) is 11.4. The van der Waals surface area contributed by atoms with E-state index in [1.807, 2.05) is 11.9 Å². The van der Waals surface area contributed by atoms with E-state index in [-0.39, 0.29) is 5.91 Å². The van der Waals surface area contributed by atoms with Crippen LogP contribution in [0.3, 0.4) is 0 Å². The zero-order valence-electron chi connectivity index (χ0n) is 11.4. The second kappa shape index (κ2) is 7.67. The first-order valence-corrected chi connectivity index (χ1v) is 6.66. The third-order valence-corrected chi connectivity index (χ3v) is 3.46. The van der Waals surface area contributed by atoms with Crippen LogP contribution >= 0.6 is 0 Å². The van der Waals surface area contributed by atoms with E-state index in [9.17, 15) is 4.79 Å². The van der Waals surface area contributed by atoms with Crippen LogP contribution in [0.15, 0.2) is 0 Å². The van der Waals surface area contributed by atoms with Crippen LogP contribution < -0.4 is 0 Å². The summed E-state index contributed by atoms with van der Waals surface area (Å²) in [5.74, 6) is 0.259. The molecular weight excluding hydrogens is 216 g/mol. The molecule has 1 heterocycles. The van der Waals surface area contributed by atoms with Crippen molar-refractivity contribution in [1.29, 1.82) is 0 Å². The third kappa shape index (κ3) is 4.64. The predicted molar refractivity (Wildman–Crippen MR) is 69.0 cm³/mol. The molecule has 1 aliphatic heterocycles. The van der Waals surface area contributed by atoms with Crippen molar-refractivity contribution in [3.63, 3.8) is 0 Å². The van der Waals surface area contributed by atoms with Gasteiger partial charge in [-0.05, 0) is 25.8 Å². The number of hydrogen-bond donors (Lipinski definition) is 0. The van der Waals surface area contributed by atoms with Gasteiger partial charge in [0.15, 0.2) is 0 Å². The molecule has 0 bridgehead atoms. The Hall–Kier alpha value is -0.610. The highest BCUT2D eigenvalue weighted by molar-refractivity contribution is 5.76. The first-order chi connectivity index (χ1) is 8.19. The maximum absolute atomic E-state index is 11.8. The number of amides is 1. The SMILES string of the molecule is CCCN(C)C(=O)CCN1CCC[C@H]1COC. The Kier molecular flexibility index (Phi) is 6.52. The fourth-order valence-corrected chi connectivity index (χ4v) is 2.46. The largest absolute Gasteiger partial charge is 0.383 e. The van der Waals surface area contributed by atoms with Crippen LogP contribution in [0.25, 0.3) is 0 Å². The number of nitrogens with zero attached hydrogens (tertiary/aromatic N) is 2. The lowest BCUT2D eigenvalue weighted by molar-refractivity contribution is -0.130. The summed E-state index contributed by atoms with van der Waals surface area (Å²) in [7, 11) is 3.64. The van der Waals surface area contributed by atoms with E-state index in [1.54, 1.807) is 7.11 Å². The molecule has 100 valence electrons. The molecule has 0 unspecified atom stereocenters. The van der Waals surface area contributed by atoms with Gasteiger partial charge in [-0.3, -0.25) is 9.69 Å². The van der Waals surface area contributed by atoms with E-state index < -0.39 is 0 Å². The topological polar surface area (TPSA) is 32.8 Å². The molecule has 1 rings (SSSR count). The molecule has 0 N–H and O–H groups in total. The molecule has 1 saturated heterocycles. The molecule has 1 fully saturated rings. The standard InChI is InChI=1S/C13H26N2O2/c1-4-8-14(2)13(16)7-10-15-9-5-6-12(15)11-17-3/h12H,4-11H2,1-3H3/t12-/m0/s1. The molecule has 0 saturated carbocycles. The second-order valence-electron chi connectivity index (χ2n) is 4.85. The van der Waals surface area contributed by atoms with Crippen LogP contribution in [0.5, 0.6) is 0 Å². The summed E-state index contributed by atoms with van der Waals surface area (Å²) in [5, 5.41) is 0. The lowest BCUT2D eigenvalue weighted by Gasteiger charge is -2.24. The Morgan fingerprint density at radius 1 is 1.53 bits per heavy atom. The first-order valence-electron chi connectivity index (χ1n) is 6.66. The van der Waals surface area contributed by atoms with Gasteiger partial charge in [0.2, 0.25) is 5.91 Å². The summed E-state index contributed by atoms with van der Waals surface area (Å²) in [6, 6.07) is 0.518. The molecule has 0 aromatic carbocycles. The van der Waals surface area contributed by atoms with Gasteiger partial charge in [-0.1, -0.05) is 6.92 Å². The Morgan fingerprint density at radius 2 is 2.29 bits per heavy atom. The van der Waals surface area contributed by atoms with E-state index in [0.29, 0.717) is 12.5 Å². The summed E-state index contributed by atoms with van der Waals surface area (Å²) in [6.07, 6.45) is 4.09. The van der Waals surface area contributed by atoms with Crippen molar-refractivity contribution in [3.05, 3.63) is 0 Å². The second-order valence-corrected chi connectivity index (χ2v) is 4.85. The van der Waals surface area contributed by atoms with E-state index in [0.717, 1.165) is 32.7 Å². The summed E-state index contributed by atoms with van der Waals surface area (Å²) < 4.78 is 5.21. The van der Waals surface area contributed by atoms with Crippen LogP contribution in [0.4, 0.5) is 0 Å². The Bertz CT molecular complexity index is 233. The fraction of sp³-hybridized carbons (Fsp3) is 0.923. The zero-order chi connectivity index (χ0) is 12.7. The molecule has 0 radical (unpaired) electrons. The molecule has 1 aliphatic rings. The van der Waals surface area contributed by atoms with Gasteiger partial charge in [-0.15, -0.1) is 0 Å². The fourth-order valence-electron chi connectivity index (χ4n) is 2.46. The molecule has 4 nitrogen and oxygen atoms in total. The minimum absolute atomic E-state index is 0.259. The van der Waals surface area contributed by atoms with Gasteiger partial charge in [0.1, 0.15) is 0 Å². The average Bonchev–Trinajstić information content (AvgIpc) is 2.74. The molecule has 1 amide bonds. The highest BCUT2D eigenvalue weighted by Crippen LogP contribution is 2.17. The summed E-state index contributed by atoms with van der Waals surface area (Å²) >= 11 is 0. The smallest absolute Gasteiger partial charge is 0.223 e. The third-order valence-electron chi connectivity index (χ3n) is 3.46. The molecule has 0 spiro atoms. The van der Waals surface area contributed by atoms with E-state index in [1.165, 1.54) is 12.8 Å². The van der Waals surface area contributed by atoms with Gasteiger partial charge in [-0.2, -0.15) is 0 Å². The van der Waals surface area contributed by atoms with E-state index in [4.69, 9.17) is 4.74 Å². The number of ether oxygens (including phenoxy) is 1. The van der Waals surface area contributed by atoms with Crippen molar-refractivity contribution < 1.29 is 9.53 Å². The average molecular weight is 242 g/mol. The first kappa shape index (κ1) is 14.5. The summed E-state index contributed by atoms with van der Waals surface area (Å²) in [4.78, 5) is 16.0. The van der Waals surface area contributed by atoms with Gasteiger partial charge in [0.25, 0.3) is 0 Å². The summed E-state index contributed by atoms with van der Waals surface area (Å²) in [5.41, 5.74) is 0. The van der Waals surface area contributed by atoms with Crippen molar-refractivity contribution in [2.24, 2.45) is 0 Å². The van der Waals surface area contributed by atoms with Gasteiger partial charge in [0, 0.05) is 39.7 Å². The van der Waals surface area contributed by atoms with Crippen molar-refractivity contribution >= 4 is 5.91 Å². The minimum Gasteiger partial charge on any atom is -0.383 e. The van der Waals surface area contributed by atoms with Crippen LogP contribution in [-0.4, -0.2) is 62.1 Å². The number of hydrogen-bond acceptors (Lipinski definition) is 3. The highest BCUT2D eigenvalue weighted by Gasteiger charge is 2.24. The molecule has 17 heavy (non-hydrogen) atoms. The van der Waals surface area contributed by atoms with Crippen molar-refractivity contribution in [2.75, 3.05) is 40.4 Å². The number of likely N-dealkylation sites (tertiary alicyclic amines) is 1. The molecule has 4 heteroatoms. The molecule has 0 aromatic rings. The van der Waals surface area contributed by atoms with Gasteiger partial charge >= 0.3 is 0 Å². The van der Waals surface area contributed by atoms with Crippen LogP contribution in [0, 0.1) is 0 Å². The highest BCUT2D eigenvalue weighted by atomic mass is 16.5. The number of rotatable bonds is 7. The Morgan fingerprint density at radius 3 is 2.94 bits per heavy atom. The van der Waals surface area contributed by atoms with Crippen LogP contribution in [-0.2, 0) is 9.53 Å². The van der Waals surface area contributed by atoms with Crippen molar-refractivity contribution in [1.82, 2.24) is 9.80 Å². The maximum atomic E-state index is 11.8. The Balaban J connectivity index is 2.27.